The Morgan fingerprint density at radius 3 is 2.70 bits per heavy atom. The Balaban J connectivity index is 2.28. The summed E-state index contributed by atoms with van der Waals surface area (Å²) >= 11 is 0. The number of likely N-dealkylation sites (tertiary alicyclic amines) is 1. The number of benzene rings is 1. The third-order valence-corrected chi connectivity index (χ3v) is 4.36. The standard InChI is InChI=1S/C16H23NO3/c1-10-8-13(11(2)12(3)15(10)20-4)9-17-7-5-6-14(17)16(18)19/h8,14H,5-7,9H2,1-4H3,(H,18,19). The van der Waals surface area contributed by atoms with E-state index in [1.807, 2.05) is 6.92 Å². The number of hydrogen-bond donors (Lipinski definition) is 1. The maximum Gasteiger partial charge on any atom is 0.320 e. The molecule has 0 bridgehead atoms. The number of nitrogens with zero attached hydrogens (tertiary/aromatic N) is 1. The van der Waals surface area contributed by atoms with Gasteiger partial charge >= 0.3 is 5.97 Å². The van der Waals surface area contributed by atoms with Gasteiger partial charge < -0.3 is 9.84 Å². The molecule has 110 valence electrons. The molecule has 0 aromatic heterocycles. The summed E-state index contributed by atoms with van der Waals surface area (Å²) in [6.45, 7) is 7.74. The first-order valence-corrected chi connectivity index (χ1v) is 7.06. The fraction of sp³-hybridized carbons (Fsp3) is 0.562. The summed E-state index contributed by atoms with van der Waals surface area (Å²) in [5, 5.41) is 9.26. The quantitative estimate of drug-likeness (QED) is 0.919. The summed E-state index contributed by atoms with van der Waals surface area (Å²) in [6.07, 6.45) is 1.71. The molecule has 1 aromatic carbocycles. The number of aliphatic carboxylic acids is 1. The Labute approximate surface area is 120 Å². The highest BCUT2D eigenvalue weighted by Gasteiger charge is 2.30. The highest BCUT2D eigenvalue weighted by molar-refractivity contribution is 5.73. The number of aryl methyl sites for hydroxylation is 1. The van der Waals surface area contributed by atoms with Gasteiger partial charge in [-0.1, -0.05) is 6.07 Å². The Morgan fingerprint density at radius 2 is 2.10 bits per heavy atom. The minimum atomic E-state index is -0.706. The summed E-state index contributed by atoms with van der Waals surface area (Å²) in [7, 11) is 1.69. The lowest BCUT2D eigenvalue weighted by atomic mass is 9.98. The van der Waals surface area contributed by atoms with Crippen molar-refractivity contribution in [3.05, 3.63) is 28.3 Å². The zero-order chi connectivity index (χ0) is 14.9. The lowest BCUT2D eigenvalue weighted by Gasteiger charge is -2.23. The zero-order valence-electron chi connectivity index (χ0n) is 12.7. The van der Waals surface area contributed by atoms with Crippen molar-refractivity contribution in [2.75, 3.05) is 13.7 Å². The molecule has 0 amide bonds. The number of hydrogen-bond acceptors (Lipinski definition) is 3. The van der Waals surface area contributed by atoms with E-state index in [1.54, 1.807) is 7.11 Å². The number of methoxy groups -OCH3 is 1. The number of carboxylic acids is 1. The SMILES string of the molecule is COc1c(C)cc(CN2CCCC2C(=O)O)c(C)c1C. The van der Waals surface area contributed by atoms with Crippen LogP contribution < -0.4 is 4.74 Å². The van der Waals surface area contributed by atoms with Crippen LogP contribution in [0.3, 0.4) is 0 Å². The fourth-order valence-corrected chi connectivity index (χ4v) is 3.13. The molecule has 0 aliphatic carbocycles. The van der Waals surface area contributed by atoms with Crippen LogP contribution in [0.25, 0.3) is 0 Å². The zero-order valence-corrected chi connectivity index (χ0v) is 12.7. The Bertz CT molecular complexity index is 525. The van der Waals surface area contributed by atoms with Gasteiger partial charge in [-0.25, -0.2) is 0 Å². The van der Waals surface area contributed by atoms with Crippen molar-refractivity contribution in [1.29, 1.82) is 0 Å². The van der Waals surface area contributed by atoms with Gasteiger partial charge in [0.05, 0.1) is 7.11 Å². The predicted octanol–water partition coefficient (Wildman–Crippen LogP) is 2.67. The molecule has 0 radical (unpaired) electrons. The predicted molar refractivity (Wildman–Crippen MR) is 78.3 cm³/mol. The summed E-state index contributed by atoms with van der Waals surface area (Å²) < 4.78 is 5.43. The van der Waals surface area contributed by atoms with Gasteiger partial charge in [-0.3, -0.25) is 9.69 Å². The van der Waals surface area contributed by atoms with Crippen LogP contribution in [0.2, 0.25) is 0 Å². The first-order chi connectivity index (χ1) is 9.45. The van der Waals surface area contributed by atoms with Crippen LogP contribution in [0.4, 0.5) is 0 Å². The smallest absolute Gasteiger partial charge is 0.320 e. The summed E-state index contributed by atoms with van der Waals surface area (Å²) in [4.78, 5) is 13.3. The maximum atomic E-state index is 11.3. The molecule has 1 aliphatic rings. The number of carbonyl (C=O) groups is 1. The van der Waals surface area contributed by atoms with Gasteiger partial charge in [-0.2, -0.15) is 0 Å². The average Bonchev–Trinajstić information content (AvgIpc) is 2.84. The van der Waals surface area contributed by atoms with Crippen LogP contribution in [0.1, 0.15) is 35.1 Å². The topological polar surface area (TPSA) is 49.8 Å². The molecular weight excluding hydrogens is 254 g/mol. The normalized spacial score (nSPS) is 19.3. The third kappa shape index (κ3) is 2.66. The molecule has 1 aromatic rings. The van der Waals surface area contributed by atoms with E-state index in [0.717, 1.165) is 36.3 Å². The first kappa shape index (κ1) is 14.9. The Hall–Kier alpha value is -1.55. The van der Waals surface area contributed by atoms with E-state index in [9.17, 15) is 9.90 Å². The van der Waals surface area contributed by atoms with Crippen molar-refractivity contribution >= 4 is 5.97 Å². The van der Waals surface area contributed by atoms with Crippen molar-refractivity contribution in [1.82, 2.24) is 4.90 Å². The molecule has 20 heavy (non-hydrogen) atoms. The molecule has 1 heterocycles. The molecule has 1 N–H and O–H groups in total. The van der Waals surface area contributed by atoms with E-state index in [0.29, 0.717) is 6.54 Å². The molecule has 4 heteroatoms. The minimum absolute atomic E-state index is 0.336. The molecule has 1 aliphatic heterocycles. The highest BCUT2D eigenvalue weighted by atomic mass is 16.5. The number of rotatable bonds is 4. The monoisotopic (exact) mass is 277 g/mol. The molecule has 1 saturated heterocycles. The highest BCUT2D eigenvalue weighted by Crippen LogP contribution is 2.30. The number of ether oxygens (including phenoxy) is 1. The van der Waals surface area contributed by atoms with Gasteiger partial charge in [0.15, 0.2) is 0 Å². The molecule has 2 rings (SSSR count). The number of carboxylic acid groups (broad SMARTS) is 1. The molecule has 0 saturated carbocycles. The molecule has 4 nitrogen and oxygen atoms in total. The van der Waals surface area contributed by atoms with Gasteiger partial charge in [0.25, 0.3) is 0 Å². The lowest BCUT2D eigenvalue weighted by molar-refractivity contribution is -0.142. The summed E-state index contributed by atoms with van der Waals surface area (Å²) in [6, 6.07) is 1.79. The second-order valence-electron chi connectivity index (χ2n) is 5.60. The van der Waals surface area contributed by atoms with Gasteiger partial charge in [-0.05, 0) is 62.4 Å². The van der Waals surface area contributed by atoms with Crippen LogP contribution in [0, 0.1) is 20.8 Å². The van der Waals surface area contributed by atoms with E-state index in [-0.39, 0.29) is 6.04 Å². The van der Waals surface area contributed by atoms with Crippen molar-refractivity contribution in [3.8, 4) is 5.75 Å². The molecular formula is C16H23NO3. The lowest BCUT2D eigenvalue weighted by Crippen LogP contribution is -2.35. The first-order valence-electron chi connectivity index (χ1n) is 7.06. The van der Waals surface area contributed by atoms with Crippen molar-refractivity contribution in [2.45, 2.75) is 46.2 Å². The average molecular weight is 277 g/mol. The third-order valence-electron chi connectivity index (χ3n) is 4.36. The molecule has 1 atom stereocenters. The van der Waals surface area contributed by atoms with Crippen molar-refractivity contribution in [2.24, 2.45) is 0 Å². The Kier molecular flexibility index (Phi) is 4.33. The van der Waals surface area contributed by atoms with Gasteiger partial charge in [0, 0.05) is 6.54 Å². The fourth-order valence-electron chi connectivity index (χ4n) is 3.13. The van der Waals surface area contributed by atoms with E-state index in [1.165, 1.54) is 11.1 Å². The Morgan fingerprint density at radius 1 is 1.40 bits per heavy atom. The van der Waals surface area contributed by atoms with Crippen LogP contribution in [-0.4, -0.2) is 35.7 Å². The summed E-state index contributed by atoms with van der Waals surface area (Å²) in [5.74, 6) is 0.226. The van der Waals surface area contributed by atoms with Crippen LogP contribution >= 0.6 is 0 Å². The van der Waals surface area contributed by atoms with E-state index >= 15 is 0 Å². The second kappa shape index (κ2) is 5.83. The largest absolute Gasteiger partial charge is 0.496 e. The van der Waals surface area contributed by atoms with Gasteiger partial charge in [0.2, 0.25) is 0 Å². The van der Waals surface area contributed by atoms with Gasteiger partial charge in [-0.15, -0.1) is 0 Å². The second-order valence-corrected chi connectivity index (χ2v) is 5.60. The van der Waals surface area contributed by atoms with E-state index in [4.69, 9.17) is 4.74 Å². The van der Waals surface area contributed by atoms with E-state index in [2.05, 4.69) is 24.8 Å². The van der Waals surface area contributed by atoms with Crippen molar-refractivity contribution < 1.29 is 14.6 Å². The minimum Gasteiger partial charge on any atom is -0.496 e. The van der Waals surface area contributed by atoms with Crippen LogP contribution in [-0.2, 0) is 11.3 Å². The van der Waals surface area contributed by atoms with E-state index < -0.39 is 5.97 Å². The maximum absolute atomic E-state index is 11.3. The van der Waals surface area contributed by atoms with Crippen molar-refractivity contribution in [3.63, 3.8) is 0 Å². The summed E-state index contributed by atoms with van der Waals surface area (Å²) in [5.41, 5.74) is 4.66. The molecule has 0 spiro atoms. The van der Waals surface area contributed by atoms with Gasteiger partial charge in [0.1, 0.15) is 11.8 Å². The van der Waals surface area contributed by atoms with Crippen LogP contribution in [0.5, 0.6) is 5.75 Å². The molecule has 1 unspecified atom stereocenters. The van der Waals surface area contributed by atoms with Crippen LogP contribution in [0.15, 0.2) is 6.07 Å². The molecule has 1 fully saturated rings.